The first-order chi connectivity index (χ1) is 15.6. The SMILES string of the molecule is CCCc1ccc(C(=O)OCC(C(C)C)(C(C)C)C(C(=O)OCC)N(C)C(=O)OCC)cc1. The lowest BCUT2D eigenvalue weighted by molar-refractivity contribution is -0.161. The van der Waals surface area contributed by atoms with E-state index in [4.69, 9.17) is 14.2 Å². The van der Waals surface area contributed by atoms with Gasteiger partial charge >= 0.3 is 18.0 Å². The van der Waals surface area contributed by atoms with E-state index in [0.29, 0.717) is 5.56 Å². The summed E-state index contributed by atoms with van der Waals surface area (Å²) in [4.78, 5) is 39.9. The Hall–Kier alpha value is -2.57. The van der Waals surface area contributed by atoms with Crippen molar-refractivity contribution in [3.8, 4) is 0 Å². The predicted octanol–water partition coefficient (Wildman–Crippen LogP) is 5.11. The van der Waals surface area contributed by atoms with Crippen molar-refractivity contribution in [1.82, 2.24) is 4.90 Å². The van der Waals surface area contributed by atoms with Gasteiger partial charge in [-0.05, 0) is 49.8 Å². The number of nitrogens with zero attached hydrogens (tertiary/aromatic N) is 1. The highest BCUT2D eigenvalue weighted by atomic mass is 16.6. The van der Waals surface area contributed by atoms with Crippen molar-refractivity contribution in [3.05, 3.63) is 35.4 Å². The van der Waals surface area contributed by atoms with Crippen LogP contribution in [0.2, 0.25) is 0 Å². The summed E-state index contributed by atoms with van der Waals surface area (Å²) < 4.78 is 16.3. The zero-order chi connectivity index (χ0) is 25.2. The van der Waals surface area contributed by atoms with Crippen LogP contribution in [0, 0.1) is 17.3 Å². The van der Waals surface area contributed by atoms with Crippen LogP contribution in [0.25, 0.3) is 0 Å². The zero-order valence-electron chi connectivity index (χ0n) is 21.5. The highest BCUT2D eigenvalue weighted by Crippen LogP contribution is 2.43. The summed E-state index contributed by atoms with van der Waals surface area (Å²) >= 11 is 0. The van der Waals surface area contributed by atoms with E-state index < -0.39 is 29.5 Å². The van der Waals surface area contributed by atoms with Crippen molar-refractivity contribution in [1.29, 1.82) is 0 Å². The number of hydrogen-bond acceptors (Lipinski definition) is 6. The average Bonchev–Trinajstić information content (AvgIpc) is 2.76. The molecular formula is C26H41NO6. The van der Waals surface area contributed by atoms with Gasteiger partial charge in [0.1, 0.15) is 12.6 Å². The number of amides is 1. The summed E-state index contributed by atoms with van der Waals surface area (Å²) in [5.74, 6) is -1.26. The van der Waals surface area contributed by atoms with Gasteiger partial charge in [0.15, 0.2) is 0 Å². The summed E-state index contributed by atoms with van der Waals surface area (Å²) in [6.07, 6.45) is 1.35. The lowest BCUT2D eigenvalue weighted by atomic mass is 9.64. The minimum atomic E-state index is -0.990. The van der Waals surface area contributed by atoms with Crippen LogP contribution < -0.4 is 0 Å². The average molecular weight is 464 g/mol. The number of hydrogen-bond donors (Lipinski definition) is 0. The van der Waals surface area contributed by atoms with E-state index >= 15 is 0 Å². The largest absolute Gasteiger partial charge is 0.464 e. The molecule has 33 heavy (non-hydrogen) atoms. The Morgan fingerprint density at radius 1 is 0.879 bits per heavy atom. The molecule has 186 valence electrons. The van der Waals surface area contributed by atoms with Crippen molar-refractivity contribution < 1.29 is 28.6 Å². The number of ether oxygens (including phenoxy) is 3. The molecule has 1 rings (SSSR count). The number of carbonyl (C=O) groups excluding carboxylic acids is 3. The molecule has 0 bridgehead atoms. The smallest absolute Gasteiger partial charge is 0.410 e. The van der Waals surface area contributed by atoms with Crippen LogP contribution in [0.1, 0.15) is 70.8 Å². The fraction of sp³-hybridized carbons (Fsp3) is 0.654. The molecule has 0 saturated heterocycles. The predicted molar refractivity (Wildman–Crippen MR) is 128 cm³/mol. The molecule has 1 unspecified atom stereocenters. The first-order valence-corrected chi connectivity index (χ1v) is 11.9. The third-order valence-electron chi connectivity index (χ3n) is 6.29. The fourth-order valence-electron chi connectivity index (χ4n) is 4.37. The van der Waals surface area contributed by atoms with Crippen molar-refractivity contribution >= 4 is 18.0 Å². The zero-order valence-corrected chi connectivity index (χ0v) is 21.5. The second kappa shape index (κ2) is 13.2. The number of benzene rings is 1. The van der Waals surface area contributed by atoms with Gasteiger partial charge in [-0.3, -0.25) is 4.90 Å². The quantitative estimate of drug-likeness (QED) is 0.316. The van der Waals surface area contributed by atoms with Gasteiger partial charge in [-0.15, -0.1) is 0 Å². The van der Waals surface area contributed by atoms with Gasteiger partial charge in [0.25, 0.3) is 0 Å². The summed E-state index contributed by atoms with van der Waals surface area (Å²) in [5, 5.41) is 0. The van der Waals surface area contributed by atoms with E-state index in [2.05, 4.69) is 6.92 Å². The standard InChI is InChI=1S/C26H41NO6/c1-9-12-20-13-15-21(16-14-20)23(28)33-17-26(18(4)5,19(6)7)22(24(29)31-10-2)27(8)25(30)32-11-3/h13-16,18-19,22H,9-12,17H2,1-8H3. The van der Waals surface area contributed by atoms with Gasteiger partial charge in [-0.1, -0.05) is 53.2 Å². The Bertz CT molecular complexity index is 763. The third kappa shape index (κ3) is 6.95. The van der Waals surface area contributed by atoms with E-state index in [1.807, 2.05) is 39.8 Å². The van der Waals surface area contributed by atoms with Crippen LogP contribution in [0.5, 0.6) is 0 Å². The van der Waals surface area contributed by atoms with Crippen LogP contribution in [0.4, 0.5) is 4.79 Å². The molecule has 0 fully saturated rings. The number of aryl methyl sites for hydroxylation is 1. The second-order valence-electron chi connectivity index (χ2n) is 8.91. The van der Waals surface area contributed by atoms with E-state index in [9.17, 15) is 14.4 Å². The van der Waals surface area contributed by atoms with Crippen LogP contribution >= 0.6 is 0 Å². The maximum Gasteiger partial charge on any atom is 0.410 e. The van der Waals surface area contributed by atoms with Crippen LogP contribution in [0.15, 0.2) is 24.3 Å². The van der Waals surface area contributed by atoms with E-state index in [0.717, 1.165) is 18.4 Å². The summed E-state index contributed by atoms with van der Waals surface area (Å²) in [6.45, 7) is 13.7. The van der Waals surface area contributed by atoms with Gasteiger partial charge in [-0.2, -0.15) is 0 Å². The number of carbonyl (C=O) groups is 3. The van der Waals surface area contributed by atoms with E-state index in [-0.39, 0.29) is 31.7 Å². The van der Waals surface area contributed by atoms with Crippen LogP contribution in [-0.2, 0) is 25.4 Å². The molecule has 0 aliphatic rings. The molecule has 7 heteroatoms. The Kier molecular flexibility index (Phi) is 11.4. The number of likely N-dealkylation sites (N-methyl/N-ethyl adjacent to an activating group) is 1. The Morgan fingerprint density at radius 3 is 1.88 bits per heavy atom. The van der Waals surface area contributed by atoms with Crippen molar-refractivity contribution in [3.63, 3.8) is 0 Å². The molecule has 0 N–H and O–H groups in total. The molecule has 1 atom stereocenters. The van der Waals surface area contributed by atoms with Gasteiger partial charge in [0, 0.05) is 12.5 Å². The summed E-state index contributed by atoms with van der Waals surface area (Å²) in [5.41, 5.74) is 0.708. The van der Waals surface area contributed by atoms with Crippen LogP contribution in [-0.4, -0.2) is 55.8 Å². The third-order valence-corrected chi connectivity index (χ3v) is 6.29. The van der Waals surface area contributed by atoms with Gasteiger partial charge in [-0.25, -0.2) is 14.4 Å². The van der Waals surface area contributed by atoms with Gasteiger partial charge < -0.3 is 14.2 Å². The lowest BCUT2D eigenvalue weighted by Crippen LogP contribution is -2.60. The van der Waals surface area contributed by atoms with Gasteiger partial charge in [0.2, 0.25) is 0 Å². The topological polar surface area (TPSA) is 82.1 Å². The van der Waals surface area contributed by atoms with Crippen molar-refractivity contribution in [2.75, 3.05) is 26.9 Å². The lowest BCUT2D eigenvalue weighted by Gasteiger charge is -2.47. The Balaban J connectivity index is 3.33. The Labute approximate surface area is 198 Å². The highest BCUT2D eigenvalue weighted by Gasteiger charge is 2.53. The monoisotopic (exact) mass is 463 g/mol. The maximum absolute atomic E-state index is 13.2. The molecular weight excluding hydrogens is 422 g/mol. The number of rotatable bonds is 12. The molecule has 1 amide bonds. The molecule has 0 aliphatic carbocycles. The number of esters is 2. The first kappa shape index (κ1) is 28.5. The summed E-state index contributed by atoms with van der Waals surface area (Å²) in [6, 6.07) is 6.37. The first-order valence-electron chi connectivity index (χ1n) is 11.9. The molecule has 0 aliphatic heterocycles. The molecule has 0 spiro atoms. The minimum absolute atomic E-state index is 0.0505. The molecule has 0 heterocycles. The molecule has 1 aromatic rings. The highest BCUT2D eigenvalue weighted by molar-refractivity contribution is 5.89. The fourth-order valence-corrected chi connectivity index (χ4v) is 4.37. The Morgan fingerprint density at radius 2 is 1.42 bits per heavy atom. The maximum atomic E-state index is 13.2. The molecule has 7 nitrogen and oxygen atoms in total. The normalized spacial score (nSPS) is 12.4. The van der Waals surface area contributed by atoms with Gasteiger partial charge in [0.05, 0.1) is 18.8 Å². The minimum Gasteiger partial charge on any atom is -0.464 e. The molecule has 0 radical (unpaired) electrons. The summed E-state index contributed by atoms with van der Waals surface area (Å²) in [7, 11) is 1.52. The molecule has 0 saturated carbocycles. The van der Waals surface area contributed by atoms with Crippen molar-refractivity contribution in [2.45, 2.75) is 67.3 Å². The van der Waals surface area contributed by atoms with E-state index in [1.54, 1.807) is 26.0 Å². The van der Waals surface area contributed by atoms with Crippen molar-refractivity contribution in [2.24, 2.45) is 17.3 Å². The molecule has 1 aromatic carbocycles. The van der Waals surface area contributed by atoms with E-state index in [1.165, 1.54) is 11.9 Å². The second-order valence-corrected chi connectivity index (χ2v) is 8.91. The van der Waals surface area contributed by atoms with Crippen LogP contribution in [0.3, 0.4) is 0 Å². The molecule has 0 aromatic heterocycles.